The molecular formula is C18H22N2O3. The van der Waals surface area contributed by atoms with E-state index >= 15 is 0 Å². The van der Waals surface area contributed by atoms with Gasteiger partial charge in [0, 0.05) is 17.2 Å². The van der Waals surface area contributed by atoms with E-state index in [0.29, 0.717) is 17.0 Å². The molecule has 0 radical (unpaired) electrons. The van der Waals surface area contributed by atoms with Gasteiger partial charge in [0.1, 0.15) is 5.82 Å². The first-order chi connectivity index (χ1) is 10.7. The highest BCUT2D eigenvalue weighted by Gasteiger charge is 2.31. The molecule has 0 aliphatic carbocycles. The van der Waals surface area contributed by atoms with Crippen LogP contribution in [-0.2, 0) is 14.3 Å². The zero-order chi connectivity index (χ0) is 17.2. The predicted octanol–water partition coefficient (Wildman–Crippen LogP) is 2.28. The van der Waals surface area contributed by atoms with Gasteiger partial charge >= 0.3 is 5.97 Å². The van der Waals surface area contributed by atoms with Crippen LogP contribution in [0.1, 0.15) is 31.9 Å². The van der Waals surface area contributed by atoms with Crippen molar-refractivity contribution < 1.29 is 14.3 Å². The van der Waals surface area contributed by atoms with Crippen molar-refractivity contribution in [2.45, 2.75) is 33.2 Å². The Kier molecular flexibility index (Phi) is 4.59. The van der Waals surface area contributed by atoms with Crippen molar-refractivity contribution in [3.63, 3.8) is 0 Å². The maximum atomic E-state index is 12.3. The summed E-state index contributed by atoms with van der Waals surface area (Å²) in [5.74, 6) is -0.281. The summed E-state index contributed by atoms with van der Waals surface area (Å²) in [6.45, 7) is 8.00. The predicted molar refractivity (Wildman–Crippen MR) is 89.2 cm³/mol. The van der Waals surface area contributed by atoms with Gasteiger partial charge in [0.05, 0.1) is 12.7 Å². The Labute approximate surface area is 136 Å². The second kappa shape index (κ2) is 6.28. The lowest BCUT2D eigenvalue weighted by atomic mass is 9.97. The lowest BCUT2D eigenvalue weighted by Gasteiger charge is -2.23. The molecule has 0 atom stereocenters. The van der Waals surface area contributed by atoms with Gasteiger partial charge in [-0.15, -0.1) is 0 Å². The zero-order valence-corrected chi connectivity index (χ0v) is 14.1. The topological polar surface area (TPSA) is 67.4 Å². The number of carbonyl (C=O) groups is 2. The highest BCUT2D eigenvalue weighted by molar-refractivity contribution is 6.17. The molecule has 0 saturated heterocycles. The summed E-state index contributed by atoms with van der Waals surface area (Å²) in [5.41, 5.74) is 2.72. The summed E-state index contributed by atoms with van der Waals surface area (Å²) in [6, 6.07) is 7.80. The number of ether oxygens (including phenoxy) is 1. The van der Waals surface area contributed by atoms with Crippen LogP contribution in [0.15, 0.2) is 41.7 Å². The van der Waals surface area contributed by atoms with Gasteiger partial charge in [0.25, 0.3) is 5.91 Å². The molecule has 0 spiro atoms. The fourth-order valence-corrected chi connectivity index (χ4v) is 2.29. The number of hydrogen-bond donors (Lipinski definition) is 2. The van der Waals surface area contributed by atoms with Crippen LogP contribution in [0.5, 0.6) is 0 Å². The molecule has 0 bridgehead atoms. The molecule has 5 heteroatoms. The molecule has 0 saturated carbocycles. The van der Waals surface area contributed by atoms with Gasteiger partial charge in [0.2, 0.25) is 0 Å². The summed E-state index contributed by atoms with van der Waals surface area (Å²) < 4.78 is 4.66. The van der Waals surface area contributed by atoms with Crippen LogP contribution in [0.2, 0.25) is 0 Å². The third-order valence-electron chi connectivity index (χ3n) is 3.31. The highest BCUT2D eigenvalue weighted by atomic mass is 16.5. The second-order valence-corrected chi connectivity index (χ2v) is 6.53. The van der Waals surface area contributed by atoms with Crippen LogP contribution in [0.4, 0.5) is 0 Å². The van der Waals surface area contributed by atoms with Gasteiger partial charge in [-0.25, -0.2) is 4.79 Å². The molecule has 1 aliphatic heterocycles. The zero-order valence-electron chi connectivity index (χ0n) is 14.1. The SMILES string of the molecule is COC(=O)/C=C1\C(=O)NC(NC(C)(C)C)=C1c1ccc(C)cc1. The smallest absolute Gasteiger partial charge is 0.331 e. The molecule has 1 amide bonds. The average molecular weight is 314 g/mol. The van der Waals surface area contributed by atoms with E-state index in [1.165, 1.54) is 13.2 Å². The highest BCUT2D eigenvalue weighted by Crippen LogP contribution is 2.31. The van der Waals surface area contributed by atoms with Crippen molar-refractivity contribution in [1.29, 1.82) is 0 Å². The Balaban J connectivity index is 2.58. The van der Waals surface area contributed by atoms with Crippen LogP contribution >= 0.6 is 0 Å². The fourth-order valence-electron chi connectivity index (χ4n) is 2.29. The molecular weight excluding hydrogens is 292 g/mol. The molecule has 0 fully saturated rings. The Morgan fingerprint density at radius 1 is 1.22 bits per heavy atom. The molecule has 1 heterocycles. The quantitative estimate of drug-likeness (QED) is 0.663. The Morgan fingerprint density at radius 3 is 2.35 bits per heavy atom. The van der Waals surface area contributed by atoms with Crippen LogP contribution < -0.4 is 10.6 Å². The largest absolute Gasteiger partial charge is 0.466 e. The van der Waals surface area contributed by atoms with Gasteiger partial charge in [0.15, 0.2) is 0 Å². The molecule has 5 nitrogen and oxygen atoms in total. The Bertz CT molecular complexity index is 692. The molecule has 2 rings (SSSR count). The van der Waals surface area contributed by atoms with Gasteiger partial charge in [-0.3, -0.25) is 4.79 Å². The first-order valence-corrected chi connectivity index (χ1v) is 7.42. The van der Waals surface area contributed by atoms with Crippen molar-refractivity contribution in [3.8, 4) is 0 Å². The van der Waals surface area contributed by atoms with E-state index in [2.05, 4.69) is 15.4 Å². The van der Waals surface area contributed by atoms with Gasteiger partial charge < -0.3 is 15.4 Å². The van der Waals surface area contributed by atoms with Crippen LogP contribution in [0.3, 0.4) is 0 Å². The van der Waals surface area contributed by atoms with Crippen molar-refractivity contribution in [2.24, 2.45) is 0 Å². The van der Waals surface area contributed by atoms with E-state index in [4.69, 9.17) is 0 Å². The van der Waals surface area contributed by atoms with Crippen molar-refractivity contribution in [1.82, 2.24) is 10.6 Å². The number of benzene rings is 1. The third-order valence-corrected chi connectivity index (χ3v) is 3.31. The van der Waals surface area contributed by atoms with Crippen LogP contribution in [0.25, 0.3) is 5.57 Å². The number of rotatable bonds is 3. The number of methoxy groups -OCH3 is 1. The number of carbonyl (C=O) groups excluding carboxylic acids is 2. The summed E-state index contributed by atoms with van der Waals surface area (Å²) in [4.78, 5) is 23.9. The minimum atomic E-state index is -0.559. The maximum absolute atomic E-state index is 12.3. The van der Waals surface area contributed by atoms with E-state index < -0.39 is 5.97 Å². The average Bonchev–Trinajstić information content (AvgIpc) is 2.73. The normalized spacial score (nSPS) is 16.6. The summed E-state index contributed by atoms with van der Waals surface area (Å²) >= 11 is 0. The molecule has 2 N–H and O–H groups in total. The first-order valence-electron chi connectivity index (χ1n) is 7.42. The van der Waals surface area contributed by atoms with E-state index in [9.17, 15) is 9.59 Å². The van der Waals surface area contributed by atoms with E-state index in [1.54, 1.807) is 0 Å². The second-order valence-electron chi connectivity index (χ2n) is 6.53. The van der Waals surface area contributed by atoms with Crippen LogP contribution in [-0.4, -0.2) is 24.5 Å². The minimum Gasteiger partial charge on any atom is -0.466 e. The molecule has 122 valence electrons. The lowest BCUT2D eigenvalue weighted by molar-refractivity contribution is -0.135. The molecule has 0 aromatic heterocycles. The number of nitrogens with one attached hydrogen (secondary N) is 2. The van der Waals surface area contributed by atoms with Crippen molar-refractivity contribution in [2.75, 3.05) is 7.11 Å². The van der Waals surface area contributed by atoms with Crippen molar-refractivity contribution >= 4 is 17.4 Å². The lowest BCUT2D eigenvalue weighted by Crippen LogP contribution is -2.39. The van der Waals surface area contributed by atoms with E-state index in [-0.39, 0.29) is 11.4 Å². The molecule has 1 aromatic carbocycles. The molecule has 0 unspecified atom stereocenters. The Hall–Kier alpha value is -2.56. The minimum absolute atomic E-state index is 0.237. The summed E-state index contributed by atoms with van der Waals surface area (Å²) in [5, 5.41) is 6.09. The Morgan fingerprint density at radius 2 is 1.83 bits per heavy atom. The summed E-state index contributed by atoms with van der Waals surface area (Å²) in [7, 11) is 1.29. The van der Waals surface area contributed by atoms with Gasteiger partial charge in [-0.1, -0.05) is 29.8 Å². The molecule has 1 aromatic rings. The fraction of sp³-hybridized carbons (Fsp3) is 0.333. The van der Waals surface area contributed by atoms with Gasteiger partial charge in [-0.2, -0.15) is 0 Å². The standard InChI is InChI=1S/C18H22N2O3/c1-11-6-8-12(9-7-11)15-13(10-14(21)23-5)17(22)19-16(15)20-18(2,3)4/h6-10,20H,1-5H3,(H,19,22)/b13-10-. The number of esters is 1. The van der Waals surface area contributed by atoms with Crippen molar-refractivity contribution in [3.05, 3.63) is 52.9 Å². The number of aryl methyl sites for hydroxylation is 1. The number of amides is 1. The molecule has 1 aliphatic rings. The maximum Gasteiger partial charge on any atom is 0.331 e. The monoisotopic (exact) mass is 314 g/mol. The van der Waals surface area contributed by atoms with Crippen LogP contribution in [0, 0.1) is 6.92 Å². The third kappa shape index (κ3) is 4.00. The number of hydrogen-bond acceptors (Lipinski definition) is 4. The van der Waals surface area contributed by atoms with E-state index in [0.717, 1.165) is 11.1 Å². The summed E-state index contributed by atoms with van der Waals surface area (Å²) in [6.07, 6.45) is 1.22. The molecule has 23 heavy (non-hydrogen) atoms. The van der Waals surface area contributed by atoms with E-state index in [1.807, 2.05) is 52.0 Å². The van der Waals surface area contributed by atoms with Gasteiger partial charge in [-0.05, 0) is 33.3 Å². The first kappa shape index (κ1) is 16.8.